The number of aliphatic carboxylic acids is 1. The lowest BCUT2D eigenvalue weighted by Gasteiger charge is -2.47. The van der Waals surface area contributed by atoms with E-state index in [9.17, 15) is 14.7 Å². The van der Waals surface area contributed by atoms with E-state index in [0.717, 1.165) is 16.0 Å². The van der Waals surface area contributed by atoms with Crippen LogP contribution in [0.3, 0.4) is 0 Å². The van der Waals surface area contributed by atoms with Crippen molar-refractivity contribution in [2.24, 2.45) is 5.73 Å². The molecule has 1 fully saturated rings. The first kappa shape index (κ1) is 17.2. The number of carboxylic acid groups (broad SMARTS) is 1. The molecule has 2 aliphatic rings. The van der Waals surface area contributed by atoms with Gasteiger partial charge in [-0.3, -0.25) is 9.69 Å². The van der Waals surface area contributed by atoms with Gasteiger partial charge >= 0.3 is 5.97 Å². The summed E-state index contributed by atoms with van der Waals surface area (Å²) >= 11 is 2.92. The maximum atomic E-state index is 12.1. The van der Waals surface area contributed by atoms with Gasteiger partial charge in [0.15, 0.2) is 0 Å². The zero-order chi connectivity index (χ0) is 18.3. The highest BCUT2D eigenvalue weighted by Crippen LogP contribution is 2.46. The second-order valence-electron chi connectivity index (χ2n) is 5.98. The SMILES string of the molecule is N[C@@H]1C(=O)N2C(C(=O)O)=C(Sc3ccccc3-c3ccccc3)CS[C@@H]12. The van der Waals surface area contributed by atoms with Crippen molar-refractivity contribution in [3.05, 3.63) is 65.2 Å². The summed E-state index contributed by atoms with van der Waals surface area (Å²) < 4.78 is 0. The number of benzene rings is 2. The van der Waals surface area contributed by atoms with E-state index in [2.05, 4.69) is 0 Å². The molecule has 4 rings (SSSR count). The lowest BCUT2D eigenvalue weighted by Crippen LogP contribution is -2.68. The van der Waals surface area contributed by atoms with Gasteiger partial charge in [-0.2, -0.15) is 0 Å². The Hall–Kier alpha value is -2.22. The molecule has 0 spiro atoms. The van der Waals surface area contributed by atoms with Crippen LogP contribution < -0.4 is 5.73 Å². The fourth-order valence-corrected chi connectivity index (χ4v) is 5.68. The number of carbonyl (C=O) groups is 2. The Morgan fingerprint density at radius 2 is 1.85 bits per heavy atom. The van der Waals surface area contributed by atoms with Gasteiger partial charge in [-0.15, -0.1) is 11.8 Å². The average molecular weight is 384 g/mol. The van der Waals surface area contributed by atoms with E-state index in [1.54, 1.807) is 0 Å². The minimum absolute atomic E-state index is 0.0633. The summed E-state index contributed by atoms with van der Waals surface area (Å²) in [5, 5.41) is 9.41. The Balaban J connectivity index is 1.73. The highest BCUT2D eigenvalue weighted by Gasteiger charge is 2.51. The first-order valence-electron chi connectivity index (χ1n) is 8.07. The Labute approximate surface area is 159 Å². The van der Waals surface area contributed by atoms with Crippen molar-refractivity contribution < 1.29 is 14.7 Å². The molecule has 0 unspecified atom stereocenters. The number of carboxylic acids is 1. The second-order valence-corrected chi connectivity index (χ2v) is 8.22. The van der Waals surface area contributed by atoms with Crippen LogP contribution in [-0.2, 0) is 9.59 Å². The highest BCUT2D eigenvalue weighted by atomic mass is 32.2. The van der Waals surface area contributed by atoms with Crippen molar-refractivity contribution in [3.63, 3.8) is 0 Å². The van der Waals surface area contributed by atoms with Gasteiger partial charge in [0.05, 0.1) is 0 Å². The number of hydrogen-bond acceptors (Lipinski definition) is 5. The van der Waals surface area contributed by atoms with Gasteiger partial charge in [0.25, 0.3) is 0 Å². The summed E-state index contributed by atoms with van der Waals surface area (Å²) in [6.07, 6.45) is 0. The zero-order valence-corrected chi connectivity index (χ0v) is 15.3. The minimum atomic E-state index is -1.09. The lowest BCUT2D eigenvalue weighted by atomic mass is 10.1. The maximum Gasteiger partial charge on any atom is 0.353 e. The third-order valence-electron chi connectivity index (χ3n) is 4.38. The van der Waals surface area contributed by atoms with E-state index >= 15 is 0 Å². The lowest BCUT2D eigenvalue weighted by molar-refractivity contribution is -0.147. The van der Waals surface area contributed by atoms with Crippen LogP contribution in [0.1, 0.15) is 0 Å². The quantitative estimate of drug-likeness (QED) is 0.789. The molecule has 2 aliphatic heterocycles. The van der Waals surface area contributed by atoms with Crippen LogP contribution >= 0.6 is 23.5 Å². The number of rotatable bonds is 4. The van der Waals surface area contributed by atoms with Gasteiger partial charge < -0.3 is 10.8 Å². The van der Waals surface area contributed by atoms with E-state index in [1.165, 1.54) is 28.4 Å². The Morgan fingerprint density at radius 3 is 2.58 bits per heavy atom. The molecule has 7 heteroatoms. The number of nitrogens with zero attached hydrogens (tertiary/aromatic N) is 1. The molecule has 0 aliphatic carbocycles. The molecule has 2 aromatic rings. The third-order valence-corrected chi connectivity index (χ3v) is 7.03. The minimum Gasteiger partial charge on any atom is -0.477 e. The van der Waals surface area contributed by atoms with Crippen molar-refractivity contribution in [3.8, 4) is 11.1 Å². The number of hydrogen-bond donors (Lipinski definition) is 2. The van der Waals surface area contributed by atoms with Gasteiger partial charge in [0, 0.05) is 15.6 Å². The molecule has 1 saturated heterocycles. The predicted molar refractivity (Wildman–Crippen MR) is 103 cm³/mol. The molecular weight excluding hydrogens is 368 g/mol. The standard InChI is InChI=1S/C19H16N2O3S2/c20-15-17(22)21-16(19(23)24)14(10-25-18(15)21)26-13-9-5-4-8-12(13)11-6-2-1-3-7-11/h1-9,15,18H,10,20H2,(H,23,24)/t15-,18+/m1/s1. The van der Waals surface area contributed by atoms with Crippen molar-refractivity contribution in [2.45, 2.75) is 16.3 Å². The van der Waals surface area contributed by atoms with Gasteiger partial charge in [-0.05, 0) is 17.2 Å². The van der Waals surface area contributed by atoms with Gasteiger partial charge in [0.1, 0.15) is 17.1 Å². The molecule has 0 aromatic heterocycles. The van der Waals surface area contributed by atoms with Gasteiger partial charge in [-0.25, -0.2) is 4.79 Å². The van der Waals surface area contributed by atoms with Crippen LogP contribution in [-0.4, -0.2) is 39.1 Å². The molecule has 2 heterocycles. The predicted octanol–water partition coefficient (Wildman–Crippen LogP) is 2.98. The van der Waals surface area contributed by atoms with Crippen molar-refractivity contribution >= 4 is 35.4 Å². The molecule has 0 radical (unpaired) electrons. The molecule has 1 amide bonds. The van der Waals surface area contributed by atoms with Crippen LogP contribution in [0.25, 0.3) is 11.1 Å². The summed E-state index contributed by atoms with van der Waals surface area (Å²) in [5.41, 5.74) is 7.97. The number of nitrogens with two attached hydrogens (primary N) is 1. The second kappa shape index (κ2) is 6.83. The molecule has 2 aromatic carbocycles. The first-order chi connectivity index (χ1) is 12.6. The molecule has 0 bridgehead atoms. The summed E-state index contributed by atoms with van der Waals surface area (Å²) in [5.74, 6) is -0.887. The fraction of sp³-hybridized carbons (Fsp3) is 0.158. The largest absolute Gasteiger partial charge is 0.477 e. The van der Waals surface area contributed by atoms with Crippen LogP contribution in [0.2, 0.25) is 0 Å². The zero-order valence-electron chi connectivity index (χ0n) is 13.7. The highest BCUT2D eigenvalue weighted by molar-refractivity contribution is 8.06. The summed E-state index contributed by atoms with van der Waals surface area (Å²) in [4.78, 5) is 26.9. The molecule has 5 nitrogen and oxygen atoms in total. The first-order valence-corrected chi connectivity index (χ1v) is 9.93. The van der Waals surface area contributed by atoms with Gasteiger partial charge in [-0.1, -0.05) is 60.3 Å². The fourth-order valence-electron chi connectivity index (χ4n) is 3.11. The van der Waals surface area contributed by atoms with Crippen LogP contribution in [0, 0.1) is 0 Å². The van der Waals surface area contributed by atoms with Crippen LogP contribution in [0.4, 0.5) is 0 Å². The molecule has 132 valence electrons. The van der Waals surface area contributed by atoms with Crippen molar-refractivity contribution in [1.82, 2.24) is 4.90 Å². The monoisotopic (exact) mass is 384 g/mol. The van der Waals surface area contributed by atoms with Gasteiger partial charge in [0.2, 0.25) is 5.91 Å². The summed E-state index contributed by atoms with van der Waals surface area (Å²) in [6, 6.07) is 17.2. The van der Waals surface area contributed by atoms with Crippen molar-refractivity contribution in [2.75, 3.05) is 5.75 Å². The number of fused-ring (bicyclic) bond motifs is 1. The molecule has 2 atom stereocenters. The van der Waals surface area contributed by atoms with E-state index in [0.29, 0.717) is 10.7 Å². The van der Waals surface area contributed by atoms with E-state index in [-0.39, 0.29) is 17.0 Å². The maximum absolute atomic E-state index is 12.1. The molecule has 0 saturated carbocycles. The summed E-state index contributed by atoms with van der Waals surface area (Å²) in [7, 11) is 0. The summed E-state index contributed by atoms with van der Waals surface area (Å²) in [6.45, 7) is 0. The number of β-lactam (4-membered cyclic amide) rings is 1. The smallest absolute Gasteiger partial charge is 0.353 e. The number of amides is 1. The van der Waals surface area contributed by atoms with E-state index in [4.69, 9.17) is 5.73 Å². The number of carbonyl (C=O) groups excluding carboxylic acids is 1. The molecule has 3 N–H and O–H groups in total. The van der Waals surface area contributed by atoms with Crippen LogP contribution in [0.5, 0.6) is 0 Å². The third kappa shape index (κ3) is 2.82. The Morgan fingerprint density at radius 1 is 1.15 bits per heavy atom. The molecule has 26 heavy (non-hydrogen) atoms. The number of thioether (sulfide) groups is 2. The van der Waals surface area contributed by atoms with E-state index in [1.807, 2.05) is 54.6 Å². The Kier molecular flexibility index (Phi) is 4.52. The average Bonchev–Trinajstić information content (AvgIpc) is 2.68. The Bertz CT molecular complexity index is 914. The van der Waals surface area contributed by atoms with Crippen molar-refractivity contribution in [1.29, 1.82) is 0 Å². The molecular formula is C19H16N2O3S2. The van der Waals surface area contributed by atoms with Crippen LogP contribution in [0.15, 0.2) is 70.1 Å². The van der Waals surface area contributed by atoms with E-state index < -0.39 is 12.0 Å². The normalized spacial score (nSPS) is 22.0. The topological polar surface area (TPSA) is 83.6 Å².